The fraction of sp³-hybridized carbons (Fsp3) is 0.412. The van der Waals surface area contributed by atoms with Crippen molar-refractivity contribution in [3.05, 3.63) is 47.5 Å². The molecule has 1 fully saturated rings. The van der Waals surface area contributed by atoms with Crippen molar-refractivity contribution in [2.24, 2.45) is 0 Å². The van der Waals surface area contributed by atoms with Crippen LogP contribution in [0.15, 0.2) is 36.9 Å². The fourth-order valence-corrected chi connectivity index (χ4v) is 3.00. The van der Waals surface area contributed by atoms with Gasteiger partial charge in [-0.2, -0.15) is 0 Å². The normalized spacial score (nSPS) is 15.5. The lowest BCUT2D eigenvalue weighted by Crippen LogP contribution is -2.47. The Bertz CT molecular complexity index is 566. The van der Waals surface area contributed by atoms with E-state index in [1.807, 2.05) is 34.1 Å². The maximum Gasteiger partial charge on any atom is 0.246 e. The van der Waals surface area contributed by atoms with Crippen molar-refractivity contribution in [2.75, 3.05) is 13.1 Å². The van der Waals surface area contributed by atoms with E-state index in [1.165, 1.54) is 6.08 Å². The Morgan fingerprint density at radius 2 is 2.00 bits per heavy atom. The summed E-state index contributed by atoms with van der Waals surface area (Å²) in [5.41, 5.74) is 0.924. The molecule has 4 nitrogen and oxygen atoms in total. The van der Waals surface area contributed by atoms with Crippen LogP contribution in [0.4, 0.5) is 0 Å². The smallest absolute Gasteiger partial charge is 0.246 e. The van der Waals surface area contributed by atoms with Gasteiger partial charge < -0.3 is 9.80 Å². The molecule has 0 aromatic heterocycles. The van der Waals surface area contributed by atoms with Gasteiger partial charge in [0.05, 0.1) is 0 Å². The van der Waals surface area contributed by atoms with Gasteiger partial charge in [-0.05, 0) is 30.5 Å². The molecule has 1 aliphatic rings. The molecule has 22 heavy (non-hydrogen) atoms. The maximum absolute atomic E-state index is 12.2. The molecule has 0 N–H and O–H groups in total. The first-order chi connectivity index (χ1) is 10.5. The van der Waals surface area contributed by atoms with Crippen molar-refractivity contribution in [1.29, 1.82) is 0 Å². The van der Waals surface area contributed by atoms with Crippen molar-refractivity contribution < 1.29 is 9.59 Å². The molecule has 5 heteroatoms. The number of likely N-dealkylation sites (tertiary alicyclic amines) is 1. The summed E-state index contributed by atoms with van der Waals surface area (Å²) in [5.74, 6) is -0.00709. The molecular weight excluding hydrogens is 300 g/mol. The van der Waals surface area contributed by atoms with E-state index in [1.54, 1.807) is 6.92 Å². The van der Waals surface area contributed by atoms with E-state index in [-0.39, 0.29) is 17.9 Å². The van der Waals surface area contributed by atoms with Gasteiger partial charge in [-0.15, -0.1) is 0 Å². The van der Waals surface area contributed by atoms with Crippen LogP contribution in [0.2, 0.25) is 5.02 Å². The Kier molecular flexibility index (Phi) is 5.61. The maximum atomic E-state index is 12.2. The molecule has 1 saturated heterocycles. The summed E-state index contributed by atoms with van der Waals surface area (Å²) in [6, 6.07) is 7.65. The second-order valence-corrected chi connectivity index (χ2v) is 5.91. The molecule has 0 unspecified atom stereocenters. The lowest BCUT2D eigenvalue weighted by molar-refractivity contribution is -0.133. The summed E-state index contributed by atoms with van der Waals surface area (Å²) >= 11 is 6.20. The van der Waals surface area contributed by atoms with Crippen LogP contribution < -0.4 is 0 Å². The average molecular weight is 321 g/mol. The van der Waals surface area contributed by atoms with Gasteiger partial charge in [0, 0.05) is 37.6 Å². The number of carbonyl (C=O) groups is 2. The number of carbonyl (C=O) groups excluding carboxylic acids is 2. The van der Waals surface area contributed by atoms with Gasteiger partial charge in [-0.1, -0.05) is 36.4 Å². The Balaban J connectivity index is 2.11. The molecule has 0 bridgehead atoms. The van der Waals surface area contributed by atoms with Gasteiger partial charge in [-0.25, -0.2) is 0 Å². The van der Waals surface area contributed by atoms with Crippen molar-refractivity contribution in [2.45, 2.75) is 32.4 Å². The number of hydrogen-bond donors (Lipinski definition) is 0. The van der Waals surface area contributed by atoms with Gasteiger partial charge in [0.25, 0.3) is 0 Å². The zero-order valence-corrected chi connectivity index (χ0v) is 13.6. The van der Waals surface area contributed by atoms with Crippen molar-refractivity contribution in [3.63, 3.8) is 0 Å². The average Bonchev–Trinajstić information content (AvgIpc) is 2.53. The van der Waals surface area contributed by atoms with Crippen molar-refractivity contribution in [3.8, 4) is 0 Å². The first-order valence-electron chi connectivity index (χ1n) is 7.45. The summed E-state index contributed by atoms with van der Waals surface area (Å²) in [5, 5.41) is 0.658. The third-order valence-electron chi connectivity index (χ3n) is 4.11. The summed E-state index contributed by atoms with van der Waals surface area (Å²) in [6.45, 7) is 7.01. The molecule has 2 amide bonds. The monoisotopic (exact) mass is 320 g/mol. The van der Waals surface area contributed by atoms with E-state index in [4.69, 9.17) is 11.6 Å². The molecule has 0 atom stereocenters. The number of hydrogen-bond acceptors (Lipinski definition) is 2. The molecule has 0 radical (unpaired) electrons. The molecule has 1 heterocycles. The van der Waals surface area contributed by atoms with Gasteiger partial charge in [0.2, 0.25) is 11.8 Å². The number of rotatable bonds is 4. The minimum absolute atomic E-state index is 0.0890. The van der Waals surface area contributed by atoms with Crippen LogP contribution in [0.25, 0.3) is 0 Å². The molecule has 1 aromatic rings. The highest BCUT2D eigenvalue weighted by molar-refractivity contribution is 6.31. The lowest BCUT2D eigenvalue weighted by Gasteiger charge is -2.38. The minimum Gasteiger partial charge on any atom is -0.343 e. The first-order valence-corrected chi connectivity index (χ1v) is 7.82. The van der Waals surface area contributed by atoms with Gasteiger partial charge in [0.15, 0.2) is 0 Å². The quantitative estimate of drug-likeness (QED) is 0.800. The van der Waals surface area contributed by atoms with Crippen LogP contribution in [-0.2, 0) is 16.1 Å². The van der Waals surface area contributed by atoms with Crippen molar-refractivity contribution in [1.82, 2.24) is 9.80 Å². The lowest BCUT2D eigenvalue weighted by atomic mass is 10.0. The van der Waals surface area contributed by atoms with Crippen molar-refractivity contribution >= 4 is 23.4 Å². The molecule has 0 spiro atoms. The Hall–Kier alpha value is -1.81. The Morgan fingerprint density at radius 1 is 1.36 bits per heavy atom. The summed E-state index contributed by atoms with van der Waals surface area (Å²) in [6.07, 6.45) is 2.90. The number of halogens is 1. The molecule has 0 saturated carbocycles. The molecule has 118 valence electrons. The van der Waals surface area contributed by atoms with Crippen LogP contribution in [-0.4, -0.2) is 40.7 Å². The third kappa shape index (κ3) is 3.89. The van der Waals surface area contributed by atoms with Crippen LogP contribution in [0.3, 0.4) is 0 Å². The summed E-state index contributed by atoms with van der Waals surface area (Å²) < 4.78 is 0. The second-order valence-electron chi connectivity index (χ2n) is 5.50. The molecule has 1 aromatic carbocycles. The van der Waals surface area contributed by atoms with E-state index in [0.717, 1.165) is 18.4 Å². The molecular formula is C17H21ClN2O2. The second kappa shape index (κ2) is 7.45. The van der Waals surface area contributed by atoms with E-state index < -0.39 is 0 Å². The number of piperidine rings is 1. The van der Waals surface area contributed by atoms with Gasteiger partial charge >= 0.3 is 0 Å². The van der Waals surface area contributed by atoms with Gasteiger partial charge in [0.1, 0.15) is 0 Å². The van der Waals surface area contributed by atoms with Gasteiger partial charge in [-0.3, -0.25) is 9.59 Å². The zero-order valence-electron chi connectivity index (χ0n) is 12.8. The van der Waals surface area contributed by atoms with Crippen LogP contribution in [0, 0.1) is 0 Å². The van der Waals surface area contributed by atoms with E-state index in [9.17, 15) is 9.59 Å². The predicted octanol–water partition coefficient (Wildman–Crippen LogP) is 2.87. The highest BCUT2D eigenvalue weighted by atomic mass is 35.5. The highest BCUT2D eigenvalue weighted by Gasteiger charge is 2.28. The zero-order chi connectivity index (χ0) is 16.1. The topological polar surface area (TPSA) is 40.6 Å². The van der Waals surface area contributed by atoms with Crippen LogP contribution in [0.1, 0.15) is 25.3 Å². The standard InChI is InChI=1S/C17H21ClN2O2/c1-3-17(22)20(12-14-6-4-5-7-16(14)18)15-8-10-19(11-9-15)13(2)21/h3-7,15H,1,8-12H2,2H3. The number of nitrogens with zero attached hydrogens (tertiary/aromatic N) is 2. The number of amides is 2. The SMILES string of the molecule is C=CC(=O)N(Cc1ccccc1Cl)C1CCN(C(C)=O)CC1. The van der Waals surface area contributed by atoms with E-state index >= 15 is 0 Å². The minimum atomic E-state index is -0.0961. The summed E-state index contributed by atoms with van der Waals surface area (Å²) in [7, 11) is 0. The highest BCUT2D eigenvalue weighted by Crippen LogP contribution is 2.23. The fourth-order valence-electron chi connectivity index (χ4n) is 2.81. The largest absolute Gasteiger partial charge is 0.343 e. The molecule has 2 rings (SSSR count). The van der Waals surface area contributed by atoms with E-state index in [2.05, 4.69) is 6.58 Å². The first kappa shape index (κ1) is 16.6. The third-order valence-corrected chi connectivity index (χ3v) is 4.48. The Morgan fingerprint density at radius 3 is 2.55 bits per heavy atom. The van der Waals surface area contributed by atoms with E-state index in [0.29, 0.717) is 24.7 Å². The molecule has 0 aliphatic carbocycles. The predicted molar refractivity (Wildman–Crippen MR) is 87.5 cm³/mol. The summed E-state index contributed by atoms with van der Waals surface area (Å²) in [4.78, 5) is 27.3. The van der Waals surface area contributed by atoms with Crippen LogP contribution in [0.5, 0.6) is 0 Å². The molecule has 1 aliphatic heterocycles. The number of benzene rings is 1. The van der Waals surface area contributed by atoms with Crippen LogP contribution >= 0.6 is 11.6 Å². The Labute approximate surface area is 136 Å².